The molecule has 9 nitrogen and oxygen atoms in total. The van der Waals surface area contributed by atoms with E-state index in [2.05, 4.69) is 20.7 Å². The lowest BCUT2D eigenvalue weighted by Crippen LogP contribution is -2.47. The van der Waals surface area contributed by atoms with Crippen LogP contribution in [0.25, 0.3) is 11.6 Å². The number of furan rings is 1. The molecule has 0 saturated heterocycles. The lowest BCUT2D eigenvalue weighted by atomic mass is 9.95. The highest BCUT2D eigenvalue weighted by Gasteiger charge is 2.34. The summed E-state index contributed by atoms with van der Waals surface area (Å²) in [6.07, 6.45) is 5.37. The van der Waals surface area contributed by atoms with Gasteiger partial charge < -0.3 is 14.6 Å². The number of carbonyl (C=O) groups is 2. The maximum absolute atomic E-state index is 13.7. The first-order valence-corrected chi connectivity index (χ1v) is 13.8. The van der Waals surface area contributed by atoms with Gasteiger partial charge in [-0.05, 0) is 60.0 Å². The molecule has 36 heavy (non-hydrogen) atoms. The highest BCUT2D eigenvalue weighted by atomic mass is 32.1. The van der Waals surface area contributed by atoms with E-state index < -0.39 is 6.04 Å². The number of hydrogen-bond acceptors (Lipinski definition) is 8. The monoisotopic (exact) mass is 524 g/mol. The lowest BCUT2D eigenvalue weighted by Gasteiger charge is -2.32. The van der Waals surface area contributed by atoms with Gasteiger partial charge in [-0.1, -0.05) is 31.4 Å². The van der Waals surface area contributed by atoms with E-state index in [4.69, 9.17) is 4.42 Å². The van der Waals surface area contributed by atoms with Gasteiger partial charge in [-0.2, -0.15) is 4.80 Å². The largest absolute Gasteiger partial charge is 0.458 e. The van der Waals surface area contributed by atoms with Crippen molar-refractivity contribution in [3.63, 3.8) is 0 Å². The van der Waals surface area contributed by atoms with Crippen molar-refractivity contribution in [1.82, 2.24) is 30.4 Å². The van der Waals surface area contributed by atoms with Gasteiger partial charge >= 0.3 is 0 Å². The van der Waals surface area contributed by atoms with Crippen LogP contribution < -0.4 is 5.32 Å². The molecule has 0 aliphatic heterocycles. The van der Waals surface area contributed by atoms with E-state index >= 15 is 0 Å². The van der Waals surface area contributed by atoms with Crippen molar-refractivity contribution in [3.8, 4) is 11.6 Å². The van der Waals surface area contributed by atoms with Crippen LogP contribution in [0.5, 0.6) is 0 Å². The average molecular weight is 525 g/mol. The summed E-state index contributed by atoms with van der Waals surface area (Å²) >= 11 is 3.03. The Morgan fingerprint density at radius 1 is 1.14 bits per heavy atom. The zero-order valence-electron chi connectivity index (χ0n) is 20.0. The molecule has 4 aromatic heterocycles. The average Bonchev–Trinajstić information content (AvgIpc) is 3.68. The quantitative estimate of drug-likeness (QED) is 0.343. The summed E-state index contributed by atoms with van der Waals surface area (Å²) in [4.78, 5) is 32.1. The van der Waals surface area contributed by atoms with Crippen molar-refractivity contribution in [2.24, 2.45) is 0 Å². The number of nitrogens with zero attached hydrogens (tertiary/aromatic N) is 5. The van der Waals surface area contributed by atoms with Crippen molar-refractivity contribution >= 4 is 34.5 Å². The summed E-state index contributed by atoms with van der Waals surface area (Å²) in [7, 11) is 0. The second kappa shape index (κ2) is 11.2. The molecule has 188 valence electrons. The zero-order valence-corrected chi connectivity index (χ0v) is 21.6. The van der Waals surface area contributed by atoms with E-state index in [9.17, 15) is 9.59 Å². The van der Waals surface area contributed by atoms with Crippen molar-refractivity contribution in [1.29, 1.82) is 0 Å². The maximum atomic E-state index is 13.7. The Labute approximate surface area is 217 Å². The summed E-state index contributed by atoms with van der Waals surface area (Å²) in [6, 6.07) is 10.7. The minimum atomic E-state index is -0.739. The van der Waals surface area contributed by atoms with Crippen LogP contribution in [0.2, 0.25) is 0 Å². The fraction of sp³-hybridized carbons (Fsp3) is 0.400. The lowest BCUT2D eigenvalue weighted by molar-refractivity contribution is -0.142. The maximum Gasteiger partial charge on any atom is 0.248 e. The van der Waals surface area contributed by atoms with Crippen LogP contribution >= 0.6 is 22.7 Å². The van der Waals surface area contributed by atoms with Crippen LogP contribution in [-0.4, -0.2) is 43.0 Å². The molecule has 0 bridgehead atoms. The smallest absolute Gasteiger partial charge is 0.248 e. The normalized spacial score (nSPS) is 15.0. The summed E-state index contributed by atoms with van der Waals surface area (Å²) in [6.45, 7) is 2.01. The molecular formula is C25H28N6O3S2. The molecule has 1 aliphatic rings. The Hall–Kier alpha value is -3.31. The van der Waals surface area contributed by atoms with Crippen molar-refractivity contribution < 1.29 is 14.0 Å². The van der Waals surface area contributed by atoms with Crippen molar-refractivity contribution in [2.45, 2.75) is 64.2 Å². The molecule has 2 amide bonds. The number of thiophene rings is 2. The molecule has 1 atom stereocenters. The van der Waals surface area contributed by atoms with Gasteiger partial charge in [-0.15, -0.1) is 32.9 Å². The third kappa shape index (κ3) is 5.73. The van der Waals surface area contributed by atoms with Gasteiger partial charge in [0, 0.05) is 15.8 Å². The van der Waals surface area contributed by atoms with E-state index in [1.165, 1.54) is 22.6 Å². The van der Waals surface area contributed by atoms with Gasteiger partial charge in [-0.25, -0.2) is 0 Å². The van der Waals surface area contributed by atoms with Gasteiger partial charge in [0.25, 0.3) is 0 Å². The Morgan fingerprint density at radius 3 is 2.64 bits per heavy atom. The highest BCUT2D eigenvalue weighted by molar-refractivity contribution is 7.10. The van der Waals surface area contributed by atoms with Gasteiger partial charge in [0.05, 0.1) is 6.54 Å². The van der Waals surface area contributed by atoms with Gasteiger partial charge in [0.2, 0.25) is 17.6 Å². The molecule has 1 saturated carbocycles. The standard InChI is InChI=1S/C25H28N6O3S2/c1-17-11-12-20(34-17)24-27-29-31(28-24)16-22(32)30(15-19-9-5-13-35-19)23(21-10-6-14-36-21)25(33)26-18-7-3-2-4-8-18/h5-6,9-14,18,23H,2-4,7-8,15-16H2,1H3,(H,26,33). The molecule has 1 unspecified atom stereocenters. The summed E-state index contributed by atoms with van der Waals surface area (Å²) in [5, 5.41) is 19.6. The summed E-state index contributed by atoms with van der Waals surface area (Å²) in [5.74, 6) is 1.13. The van der Waals surface area contributed by atoms with E-state index in [0.29, 0.717) is 18.1 Å². The van der Waals surface area contributed by atoms with Crippen molar-refractivity contribution in [3.05, 3.63) is 62.7 Å². The number of nitrogens with one attached hydrogen (secondary N) is 1. The van der Waals surface area contributed by atoms with Crippen LogP contribution in [-0.2, 0) is 22.7 Å². The SMILES string of the molecule is Cc1ccc(-c2nnn(CC(=O)N(Cc3cccs3)C(C(=O)NC3CCCCC3)c3cccs3)n2)o1. The number of rotatable bonds is 9. The molecule has 0 spiro atoms. The van der Waals surface area contributed by atoms with Crippen LogP contribution in [0.3, 0.4) is 0 Å². The number of hydrogen-bond donors (Lipinski definition) is 1. The minimum absolute atomic E-state index is 0.142. The number of aromatic nitrogens is 4. The number of aryl methyl sites for hydroxylation is 1. The molecule has 0 aromatic carbocycles. The fourth-order valence-corrected chi connectivity index (χ4v) is 6.00. The molecule has 4 heterocycles. The van der Waals surface area contributed by atoms with Gasteiger partial charge in [-0.3, -0.25) is 9.59 Å². The minimum Gasteiger partial charge on any atom is -0.458 e. The predicted molar refractivity (Wildman–Crippen MR) is 137 cm³/mol. The van der Waals surface area contributed by atoms with E-state index in [1.54, 1.807) is 22.3 Å². The molecule has 1 fully saturated rings. The molecule has 4 aromatic rings. The molecule has 5 rings (SSSR count). The molecule has 0 radical (unpaired) electrons. The van der Waals surface area contributed by atoms with Crippen molar-refractivity contribution in [2.75, 3.05) is 0 Å². The molecular weight excluding hydrogens is 496 g/mol. The summed E-state index contributed by atoms with van der Waals surface area (Å²) < 4.78 is 5.57. The molecule has 11 heteroatoms. The highest BCUT2D eigenvalue weighted by Crippen LogP contribution is 2.30. The zero-order chi connectivity index (χ0) is 24.9. The third-order valence-corrected chi connectivity index (χ3v) is 8.03. The first-order valence-electron chi connectivity index (χ1n) is 12.1. The number of amides is 2. The first-order chi connectivity index (χ1) is 17.6. The first kappa shape index (κ1) is 24.4. The van der Waals surface area contributed by atoms with E-state index in [0.717, 1.165) is 41.2 Å². The third-order valence-electron chi connectivity index (χ3n) is 6.24. The van der Waals surface area contributed by atoms with Crippen LogP contribution in [0.15, 0.2) is 51.6 Å². The van der Waals surface area contributed by atoms with Gasteiger partial charge in [0.15, 0.2) is 5.76 Å². The van der Waals surface area contributed by atoms with E-state index in [1.807, 2.05) is 48.0 Å². The topological polar surface area (TPSA) is 106 Å². The second-order valence-corrected chi connectivity index (χ2v) is 10.9. The Balaban J connectivity index is 1.40. The molecule has 1 N–H and O–H groups in total. The Morgan fingerprint density at radius 2 is 1.94 bits per heavy atom. The van der Waals surface area contributed by atoms with Crippen LogP contribution in [0, 0.1) is 6.92 Å². The molecule has 1 aliphatic carbocycles. The van der Waals surface area contributed by atoms with Gasteiger partial charge in [0.1, 0.15) is 18.3 Å². The van der Waals surface area contributed by atoms with E-state index in [-0.39, 0.29) is 24.4 Å². The number of tetrazole rings is 1. The number of carbonyl (C=O) groups excluding carboxylic acids is 2. The van der Waals surface area contributed by atoms with Crippen LogP contribution in [0.4, 0.5) is 0 Å². The van der Waals surface area contributed by atoms with Crippen LogP contribution in [0.1, 0.15) is 53.7 Å². The predicted octanol–water partition coefficient (Wildman–Crippen LogP) is 4.58. The summed E-state index contributed by atoms with van der Waals surface area (Å²) in [5.41, 5.74) is 0. The Kier molecular flexibility index (Phi) is 7.57. The second-order valence-electron chi connectivity index (χ2n) is 8.92. The fourth-order valence-electron chi connectivity index (χ4n) is 4.47. The Bertz CT molecular complexity index is 1270.